The summed E-state index contributed by atoms with van der Waals surface area (Å²) >= 11 is 0. The van der Waals surface area contributed by atoms with Gasteiger partial charge in [-0.2, -0.15) is 5.10 Å². The molecule has 2 saturated carbocycles. The average molecular weight is 421 g/mol. The summed E-state index contributed by atoms with van der Waals surface area (Å²) in [7, 11) is 0. The van der Waals surface area contributed by atoms with Crippen molar-refractivity contribution in [2.45, 2.75) is 89.3 Å². The number of fused-ring (bicyclic) bond motifs is 1. The summed E-state index contributed by atoms with van der Waals surface area (Å²) in [4.78, 5) is 29.3. The average Bonchev–Trinajstić information content (AvgIpc) is 3.55. The highest BCUT2D eigenvalue weighted by Crippen LogP contribution is 2.41. The van der Waals surface area contributed by atoms with E-state index in [0.717, 1.165) is 55.5 Å². The summed E-state index contributed by atoms with van der Waals surface area (Å²) in [5, 5.41) is 8.05. The van der Waals surface area contributed by atoms with Crippen LogP contribution in [0.1, 0.15) is 86.0 Å². The smallest absolute Gasteiger partial charge is 0.277 e. The third kappa shape index (κ3) is 3.66. The standard InChI is InChI=1S/C25H32N4O2/c1-17-9-7-8-12-21(17)29-23(30)22-15-20(18-13-14-18)27-28(22)16-25(29,2)24(31)26-19-10-5-3-4-6-11-19/h7-9,12,15,18-19H,3-6,10-11,13-14,16H2,1-2H3,(H,26,31)/t25-/m1/s1. The lowest BCUT2D eigenvalue weighted by molar-refractivity contribution is -0.127. The summed E-state index contributed by atoms with van der Waals surface area (Å²) in [6.45, 7) is 4.26. The Kier molecular flexibility index (Phi) is 5.11. The van der Waals surface area contributed by atoms with E-state index in [1.807, 2.05) is 44.2 Å². The lowest BCUT2D eigenvalue weighted by Crippen LogP contribution is -2.65. The van der Waals surface area contributed by atoms with Gasteiger partial charge in [-0.25, -0.2) is 0 Å². The maximum atomic E-state index is 13.8. The highest BCUT2D eigenvalue weighted by atomic mass is 16.2. The monoisotopic (exact) mass is 420 g/mol. The molecule has 5 rings (SSSR count). The van der Waals surface area contributed by atoms with Gasteiger partial charge in [0.25, 0.3) is 5.91 Å². The molecule has 6 nitrogen and oxygen atoms in total. The van der Waals surface area contributed by atoms with Gasteiger partial charge < -0.3 is 5.32 Å². The van der Waals surface area contributed by atoms with E-state index in [4.69, 9.17) is 5.10 Å². The van der Waals surface area contributed by atoms with Gasteiger partial charge in [0.05, 0.1) is 12.2 Å². The minimum absolute atomic E-state index is 0.0786. The van der Waals surface area contributed by atoms with Crippen molar-refractivity contribution in [1.82, 2.24) is 15.1 Å². The minimum atomic E-state index is -1.03. The molecule has 0 radical (unpaired) electrons. The molecular formula is C25H32N4O2. The van der Waals surface area contributed by atoms with E-state index in [-0.39, 0.29) is 17.9 Å². The van der Waals surface area contributed by atoms with E-state index in [1.165, 1.54) is 12.8 Å². The molecule has 1 aliphatic heterocycles. The molecule has 2 aromatic rings. The van der Waals surface area contributed by atoms with Gasteiger partial charge in [-0.05, 0) is 57.2 Å². The fourth-order valence-electron chi connectivity index (χ4n) is 5.14. The maximum Gasteiger partial charge on any atom is 0.277 e. The maximum absolute atomic E-state index is 13.8. The van der Waals surface area contributed by atoms with E-state index < -0.39 is 5.54 Å². The SMILES string of the molecule is Cc1ccccc1N1C(=O)c2cc(C3CC3)nn2C[C@]1(C)C(=O)NC1CCCCCC1. The summed E-state index contributed by atoms with van der Waals surface area (Å²) in [6, 6.07) is 9.95. The number of hydrogen-bond donors (Lipinski definition) is 1. The van der Waals surface area contributed by atoms with Gasteiger partial charge in [0.15, 0.2) is 0 Å². The number of nitrogens with one attached hydrogen (secondary N) is 1. The van der Waals surface area contributed by atoms with Gasteiger partial charge in [-0.1, -0.05) is 43.9 Å². The number of carbonyl (C=O) groups excluding carboxylic acids is 2. The van der Waals surface area contributed by atoms with E-state index in [2.05, 4.69) is 5.32 Å². The van der Waals surface area contributed by atoms with E-state index >= 15 is 0 Å². The van der Waals surface area contributed by atoms with Crippen molar-refractivity contribution >= 4 is 17.5 Å². The predicted octanol–water partition coefficient (Wildman–Crippen LogP) is 4.33. The molecular weight excluding hydrogens is 388 g/mol. The largest absolute Gasteiger partial charge is 0.351 e. The van der Waals surface area contributed by atoms with Crippen LogP contribution in [-0.2, 0) is 11.3 Å². The van der Waals surface area contributed by atoms with E-state index in [1.54, 1.807) is 9.58 Å². The van der Waals surface area contributed by atoms with Crippen molar-refractivity contribution in [3.05, 3.63) is 47.3 Å². The Morgan fingerprint density at radius 2 is 1.81 bits per heavy atom. The molecule has 6 heteroatoms. The molecule has 1 atom stereocenters. The summed E-state index contributed by atoms with van der Waals surface area (Å²) < 4.78 is 1.78. The van der Waals surface area contributed by atoms with Crippen LogP contribution in [0.3, 0.4) is 0 Å². The van der Waals surface area contributed by atoms with Crippen LogP contribution in [0.15, 0.2) is 30.3 Å². The Bertz CT molecular complexity index is 1000. The highest BCUT2D eigenvalue weighted by Gasteiger charge is 2.50. The van der Waals surface area contributed by atoms with Crippen LogP contribution in [0.5, 0.6) is 0 Å². The Hall–Kier alpha value is -2.63. The fraction of sp³-hybridized carbons (Fsp3) is 0.560. The van der Waals surface area contributed by atoms with Crippen LogP contribution in [0.25, 0.3) is 0 Å². The van der Waals surface area contributed by atoms with Crippen molar-refractivity contribution in [2.75, 3.05) is 4.90 Å². The third-order valence-corrected chi connectivity index (χ3v) is 7.20. The number of anilines is 1. The zero-order valence-electron chi connectivity index (χ0n) is 18.6. The second-order valence-corrected chi connectivity index (χ2v) is 9.75. The van der Waals surface area contributed by atoms with Gasteiger partial charge in [-0.3, -0.25) is 19.2 Å². The summed E-state index contributed by atoms with van der Waals surface area (Å²) in [6.07, 6.45) is 9.05. The third-order valence-electron chi connectivity index (χ3n) is 7.20. The molecule has 2 aliphatic carbocycles. The summed E-state index contributed by atoms with van der Waals surface area (Å²) in [5.41, 5.74) is 2.33. The van der Waals surface area contributed by atoms with Gasteiger partial charge in [0, 0.05) is 17.6 Å². The number of amides is 2. The normalized spacial score (nSPS) is 24.6. The van der Waals surface area contributed by atoms with Crippen molar-refractivity contribution in [1.29, 1.82) is 0 Å². The van der Waals surface area contributed by atoms with Crippen LogP contribution in [0.2, 0.25) is 0 Å². The number of hydrogen-bond acceptors (Lipinski definition) is 3. The topological polar surface area (TPSA) is 67.2 Å². The molecule has 164 valence electrons. The van der Waals surface area contributed by atoms with Gasteiger partial charge in [0.1, 0.15) is 11.2 Å². The lowest BCUT2D eigenvalue weighted by atomic mass is 9.92. The zero-order valence-corrected chi connectivity index (χ0v) is 18.6. The first-order valence-electron chi connectivity index (χ1n) is 11.8. The molecule has 0 bridgehead atoms. The first kappa shape index (κ1) is 20.3. The quantitative estimate of drug-likeness (QED) is 0.749. The minimum Gasteiger partial charge on any atom is -0.351 e. The van der Waals surface area contributed by atoms with Crippen LogP contribution in [0, 0.1) is 6.92 Å². The number of carbonyl (C=O) groups is 2. The number of aryl methyl sites for hydroxylation is 1. The molecule has 0 saturated heterocycles. The molecule has 3 aliphatic rings. The molecule has 1 aromatic carbocycles. The summed E-state index contributed by atoms with van der Waals surface area (Å²) in [5.74, 6) is 0.243. The van der Waals surface area contributed by atoms with Crippen molar-refractivity contribution in [2.24, 2.45) is 0 Å². The van der Waals surface area contributed by atoms with Crippen LogP contribution in [-0.4, -0.2) is 33.2 Å². The Morgan fingerprint density at radius 3 is 2.48 bits per heavy atom. The molecule has 0 unspecified atom stereocenters. The molecule has 2 fully saturated rings. The molecule has 1 aromatic heterocycles. The number of nitrogens with zero attached hydrogens (tertiary/aromatic N) is 3. The lowest BCUT2D eigenvalue weighted by Gasteiger charge is -2.44. The Labute approximate surface area is 184 Å². The molecule has 1 N–H and O–H groups in total. The van der Waals surface area contributed by atoms with Crippen LogP contribution < -0.4 is 10.2 Å². The van der Waals surface area contributed by atoms with Gasteiger partial charge >= 0.3 is 0 Å². The first-order valence-corrected chi connectivity index (χ1v) is 11.8. The molecule has 2 heterocycles. The fourth-order valence-corrected chi connectivity index (χ4v) is 5.14. The van der Waals surface area contributed by atoms with Gasteiger partial charge in [0.2, 0.25) is 5.91 Å². The van der Waals surface area contributed by atoms with Crippen LogP contribution in [0.4, 0.5) is 5.69 Å². The Balaban J connectivity index is 1.53. The highest BCUT2D eigenvalue weighted by molar-refractivity contribution is 6.12. The molecule has 0 spiro atoms. The van der Waals surface area contributed by atoms with E-state index in [0.29, 0.717) is 18.2 Å². The number of aromatic nitrogens is 2. The van der Waals surface area contributed by atoms with Crippen LogP contribution >= 0.6 is 0 Å². The second kappa shape index (κ2) is 7.81. The van der Waals surface area contributed by atoms with Crippen molar-refractivity contribution in [3.8, 4) is 0 Å². The zero-order chi connectivity index (χ0) is 21.6. The predicted molar refractivity (Wildman–Crippen MR) is 120 cm³/mol. The van der Waals surface area contributed by atoms with Crippen molar-refractivity contribution < 1.29 is 9.59 Å². The van der Waals surface area contributed by atoms with Gasteiger partial charge in [-0.15, -0.1) is 0 Å². The Morgan fingerprint density at radius 1 is 1.10 bits per heavy atom. The number of para-hydroxylation sites is 1. The first-order chi connectivity index (χ1) is 15.0. The number of rotatable bonds is 4. The second-order valence-electron chi connectivity index (χ2n) is 9.75. The molecule has 31 heavy (non-hydrogen) atoms. The van der Waals surface area contributed by atoms with E-state index in [9.17, 15) is 9.59 Å². The number of benzene rings is 1. The molecule has 2 amide bonds. The van der Waals surface area contributed by atoms with Crippen molar-refractivity contribution in [3.63, 3.8) is 0 Å².